The summed E-state index contributed by atoms with van der Waals surface area (Å²) in [6.45, 7) is 0.639. The van der Waals surface area contributed by atoms with E-state index in [1.807, 2.05) is 24.3 Å². The van der Waals surface area contributed by atoms with Crippen LogP contribution in [0.3, 0.4) is 0 Å². The van der Waals surface area contributed by atoms with E-state index in [0.717, 1.165) is 30.0 Å². The quantitative estimate of drug-likeness (QED) is 0.686. The van der Waals surface area contributed by atoms with Crippen molar-refractivity contribution in [2.45, 2.75) is 36.6 Å². The van der Waals surface area contributed by atoms with Gasteiger partial charge >= 0.3 is 0 Å². The summed E-state index contributed by atoms with van der Waals surface area (Å²) in [4.78, 5) is 12.3. The Hall–Kier alpha value is -1.96. The van der Waals surface area contributed by atoms with E-state index >= 15 is 0 Å². The number of fused-ring (bicyclic) bond motifs is 1. The Morgan fingerprint density at radius 3 is 2.65 bits per heavy atom. The Morgan fingerprint density at radius 2 is 1.88 bits per heavy atom. The van der Waals surface area contributed by atoms with E-state index in [1.165, 1.54) is 0 Å². The van der Waals surface area contributed by atoms with Gasteiger partial charge in [-0.25, -0.2) is 13.1 Å². The summed E-state index contributed by atoms with van der Waals surface area (Å²) in [5.41, 5.74) is 5.72. The van der Waals surface area contributed by atoms with Crippen LogP contribution in [0, 0.1) is 5.92 Å². The summed E-state index contributed by atoms with van der Waals surface area (Å²) in [5, 5.41) is 4.82. The minimum absolute atomic E-state index is 0.0704. The number of rotatable bonds is 7. The largest absolute Gasteiger partial charge is 0.353 e. The molecule has 26 heavy (non-hydrogen) atoms. The highest BCUT2D eigenvalue weighted by Gasteiger charge is 2.27. The van der Waals surface area contributed by atoms with Gasteiger partial charge in [-0.1, -0.05) is 36.8 Å². The maximum Gasteiger partial charge on any atom is 0.240 e. The normalized spacial score (nSPS) is 20.3. The number of carbonyl (C=O) groups excluding carboxylic acids is 1. The molecule has 2 unspecified atom stereocenters. The lowest BCUT2D eigenvalue weighted by Crippen LogP contribution is -2.41. The van der Waals surface area contributed by atoms with Crippen molar-refractivity contribution >= 4 is 26.7 Å². The number of nitrogens with two attached hydrogens (primary N) is 1. The second-order valence-electron chi connectivity index (χ2n) is 6.76. The van der Waals surface area contributed by atoms with E-state index in [1.54, 1.807) is 18.2 Å². The molecule has 1 aliphatic rings. The molecule has 1 fully saturated rings. The molecule has 1 aliphatic carbocycles. The molecule has 3 rings (SSSR count). The molecular formula is C19H25N3O3S. The molecule has 0 heterocycles. The molecule has 0 aromatic heterocycles. The van der Waals surface area contributed by atoms with E-state index in [0.29, 0.717) is 12.5 Å². The van der Waals surface area contributed by atoms with Gasteiger partial charge in [0.1, 0.15) is 0 Å². The lowest BCUT2D eigenvalue weighted by atomic mass is 10.0. The van der Waals surface area contributed by atoms with Gasteiger partial charge in [0.05, 0.1) is 4.90 Å². The first kappa shape index (κ1) is 18.8. The van der Waals surface area contributed by atoms with E-state index in [9.17, 15) is 13.2 Å². The zero-order valence-electron chi connectivity index (χ0n) is 14.6. The Labute approximate surface area is 154 Å². The van der Waals surface area contributed by atoms with Gasteiger partial charge in [-0.3, -0.25) is 4.79 Å². The second kappa shape index (κ2) is 8.16. The average Bonchev–Trinajstić information content (AvgIpc) is 3.08. The SMILES string of the molecule is NCC1CCCC1NC(=O)CCNS(=O)(=O)c1ccc2ccccc2c1. The lowest BCUT2D eigenvalue weighted by molar-refractivity contribution is -0.121. The molecule has 0 spiro atoms. The van der Waals surface area contributed by atoms with Crippen LogP contribution in [0.5, 0.6) is 0 Å². The van der Waals surface area contributed by atoms with Crippen molar-refractivity contribution in [2.24, 2.45) is 11.7 Å². The number of hydrogen-bond donors (Lipinski definition) is 3. The van der Waals surface area contributed by atoms with Crippen LogP contribution < -0.4 is 15.8 Å². The van der Waals surface area contributed by atoms with Crippen LogP contribution >= 0.6 is 0 Å². The van der Waals surface area contributed by atoms with Gasteiger partial charge in [0, 0.05) is 19.0 Å². The first-order chi connectivity index (χ1) is 12.5. The summed E-state index contributed by atoms with van der Waals surface area (Å²) >= 11 is 0. The van der Waals surface area contributed by atoms with E-state index in [-0.39, 0.29) is 29.8 Å². The van der Waals surface area contributed by atoms with E-state index in [4.69, 9.17) is 5.73 Å². The third-order valence-corrected chi connectivity index (χ3v) is 6.44. The van der Waals surface area contributed by atoms with Crippen LogP contribution in [-0.2, 0) is 14.8 Å². The van der Waals surface area contributed by atoms with Crippen molar-refractivity contribution in [3.05, 3.63) is 42.5 Å². The Kier molecular flexibility index (Phi) is 5.90. The molecule has 7 heteroatoms. The Balaban J connectivity index is 1.55. The Bertz CT molecular complexity index is 882. The monoisotopic (exact) mass is 375 g/mol. The zero-order chi connectivity index (χ0) is 18.6. The summed E-state index contributed by atoms with van der Waals surface area (Å²) in [7, 11) is -3.64. The van der Waals surface area contributed by atoms with Crippen molar-refractivity contribution in [3.8, 4) is 0 Å². The second-order valence-corrected chi connectivity index (χ2v) is 8.52. The molecule has 0 bridgehead atoms. The number of sulfonamides is 1. The smallest absolute Gasteiger partial charge is 0.240 e. The van der Waals surface area contributed by atoms with Crippen LogP contribution in [0.15, 0.2) is 47.4 Å². The summed E-state index contributed by atoms with van der Waals surface area (Å²) in [6, 6.07) is 12.7. The lowest BCUT2D eigenvalue weighted by Gasteiger charge is -2.19. The predicted octanol–water partition coefficient (Wildman–Crippen LogP) is 1.75. The van der Waals surface area contributed by atoms with Gasteiger partial charge in [-0.05, 0) is 48.2 Å². The molecule has 6 nitrogen and oxygen atoms in total. The molecule has 0 aliphatic heterocycles. The van der Waals surface area contributed by atoms with E-state index < -0.39 is 10.0 Å². The minimum Gasteiger partial charge on any atom is -0.353 e. The topological polar surface area (TPSA) is 101 Å². The molecule has 2 aromatic rings. The minimum atomic E-state index is -3.64. The van der Waals surface area contributed by atoms with Crippen molar-refractivity contribution in [2.75, 3.05) is 13.1 Å². The van der Waals surface area contributed by atoms with Gasteiger partial charge < -0.3 is 11.1 Å². The summed E-state index contributed by atoms with van der Waals surface area (Å²) < 4.78 is 27.4. The fraction of sp³-hybridized carbons (Fsp3) is 0.421. The molecule has 4 N–H and O–H groups in total. The number of hydrogen-bond acceptors (Lipinski definition) is 4. The standard InChI is InChI=1S/C19H25N3O3S/c20-13-16-6-3-7-18(16)22-19(23)10-11-21-26(24,25)17-9-8-14-4-1-2-5-15(14)12-17/h1-2,4-5,8-9,12,16,18,21H,3,6-7,10-11,13,20H2,(H,22,23). The first-order valence-electron chi connectivity index (χ1n) is 8.97. The highest BCUT2D eigenvalue weighted by molar-refractivity contribution is 7.89. The Morgan fingerprint density at radius 1 is 1.12 bits per heavy atom. The molecule has 2 atom stereocenters. The van der Waals surface area contributed by atoms with Gasteiger partial charge in [-0.2, -0.15) is 0 Å². The van der Waals surface area contributed by atoms with Gasteiger partial charge in [0.25, 0.3) is 0 Å². The molecule has 140 valence electrons. The van der Waals surface area contributed by atoms with Crippen molar-refractivity contribution in [1.29, 1.82) is 0 Å². The molecule has 1 saturated carbocycles. The third-order valence-electron chi connectivity index (χ3n) is 4.98. The van der Waals surface area contributed by atoms with Crippen molar-refractivity contribution < 1.29 is 13.2 Å². The van der Waals surface area contributed by atoms with Crippen LogP contribution in [0.25, 0.3) is 10.8 Å². The molecule has 0 saturated heterocycles. The molecule has 1 amide bonds. The van der Waals surface area contributed by atoms with Crippen molar-refractivity contribution in [1.82, 2.24) is 10.0 Å². The number of nitrogens with one attached hydrogen (secondary N) is 2. The fourth-order valence-electron chi connectivity index (χ4n) is 3.50. The highest BCUT2D eigenvalue weighted by Crippen LogP contribution is 2.24. The van der Waals surface area contributed by atoms with Gasteiger partial charge in [0.15, 0.2) is 0 Å². The zero-order valence-corrected chi connectivity index (χ0v) is 15.5. The third kappa shape index (κ3) is 4.41. The average molecular weight is 375 g/mol. The highest BCUT2D eigenvalue weighted by atomic mass is 32.2. The summed E-state index contributed by atoms with van der Waals surface area (Å²) in [5.74, 6) is 0.185. The van der Waals surface area contributed by atoms with Crippen LogP contribution in [0.1, 0.15) is 25.7 Å². The van der Waals surface area contributed by atoms with Crippen LogP contribution in [0.2, 0.25) is 0 Å². The van der Waals surface area contributed by atoms with Crippen LogP contribution in [-0.4, -0.2) is 33.5 Å². The maximum absolute atomic E-state index is 12.4. The van der Waals surface area contributed by atoms with Gasteiger partial charge in [-0.15, -0.1) is 0 Å². The fourth-order valence-corrected chi connectivity index (χ4v) is 4.57. The molecular weight excluding hydrogens is 350 g/mol. The summed E-state index contributed by atoms with van der Waals surface area (Å²) in [6.07, 6.45) is 3.16. The first-order valence-corrected chi connectivity index (χ1v) is 10.5. The molecule has 0 radical (unpaired) electrons. The van der Waals surface area contributed by atoms with Crippen LogP contribution in [0.4, 0.5) is 0 Å². The number of amides is 1. The van der Waals surface area contributed by atoms with Gasteiger partial charge in [0.2, 0.25) is 15.9 Å². The molecule has 2 aromatic carbocycles. The number of carbonyl (C=O) groups is 1. The van der Waals surface area contributed by atoms with Crippen molar-refractivity contribution in [3.63, 3.8) is 0 Å². The maximum atomic E-state index is 12.4. The predicted molar refractivity (Wildman–Crippen MR) is 102 cm³/mol. The van der Waals surface area contributed by atoms with E-state index in [2.05, 4.69) is 10.0 Å². The number of benzene rings is 2.